The zero-order valence-electron chi connectivity index (χ0n) is 8.22. The van der Waals surface area contributed by atoms with E-state index in [1.807, 2.05) is 0 Å². The number of benzene rings is 1. The average Bonchev–Trinajstić information content (AvgIpc) is 2.68. The molecule has 3 N–H and O–H groups in total. The second-order valence-corrected chi connectivity index (χ2v) is 3.51. The van der Waals surface area contributed by atoms with Crippen LogP contribution in [0.3, 0.4) is 0 Å². The number of hydrogen-bond donors (Lipinski definition) is 2. The maximum absolute atomic E-state index is 12.7. The Kier molecular flexibility index (Phi) is 2.82. The number of nitrogen functional groups attached to an aromatic ring is 1. The van der Waals surface area contributed by atoms with Crippen molar-refractivity contribution < 1.29 is 4.39 Å². The second kappa shape index (κ2) is 4.28. The molecule has 2 aromatic rings. The molecule has 0 bridgehead atoms. The molecule has 4 nitrogen and oxygen atoms in total. The highest BCUT2D eigenvalue weighted by Crippen LogP contribution is 2.09. The van der Waals surface area contributed by atoms with Gasteiger partial charge in [-0.25, -0.2) is 9.07 Å². The summed E-state index contributed by atoms with van der Waals surface area (Å²) in [4.78, 5) is 0. The molecular weight excluding hydrogens is 227 g/mol. The summed E-state index contributed by atoms with van der Waals surface area (Å²) in [7, 11) is 0. The van der Waals surface area contributed by atoms with Crippen LogP contribution in [-0.4, -0.2) is 14.9 Å². The lowest BCUT2D eigenvalue weighted by atomic mass is 10.3. The van der Waals surface area contributed by atoms with Crippen molar-refractivity contribution in [3.8, 4) is 0 Å². The Hall–Kier alpha value is -1.95. The van der Waals surface area contributed by atoms with Gasteiger partial charge in [-0.05, 0) is 36.5 Å². The summed E-state index contributed by atoms with van der Waals surface area (Å²) in [5.74, 6) is 0.100. The Morgan fingerprint density at radius 2 is 2.00 bits per heavy atom. The fraction of sp³-hybridized carbons (Fsp3) is 0. The molecule has 2 rings (SSSR count). The summed E-state index contributed by atoms with van der Waals surface area (Å²) >= 11 is 5.09. The van der Waals surface area contributed by atoms with E-state index in [1.165, 1.54) is 16.8 Å². The fourth-order valence-electron chi connectivity index (χ4n) is 1.17. The SMILES string of the molecule is Nc1ccn(C(=S)Nc2ccc(F)cc2)n1. The fourth-order valence-corrected chi connectivity index (χ4v) is 1.38. The first kappa shape index (κ1) is 10.6. The molecule has 1 aromatic carbocycles. The van der Waals surface area contributed by atoms with Crippen molar-refractivity contribution in [2.75, 3.05) is 11.1 Å². The van der Waals surface area contributed by atoms with Crippen molar-refractivity contribution in [2.45, 2.75) is 0 Å². The highest BCUT2D eigenvalue weighted by molar-refractivity contribution is 7.80. The molecule has 6 heteroatoms. The summed E-state index contributed by atoms with van der Waals surface area (Å²) in [5, 5.41) is 7.23. The number of thiocarbonyl (C=S) groups is 1. The zero-order chi connectivity index (χ0) is 11.5. The lowest BCUT2D eigenvalue weighted by molar-refractivity contribution is 0.628. The smallest absolute Gasteiger partial charge is 0.198 e. The van der Waals surface area contributed by atoms with Crippen LogP contribution >= 0.6 is 12.2 Å². The highest BCUT2D eigenvalue weighted by atomic mass is 32.1. The van der Waals surface area contributed by atoms with Crippen molar-refractivity contribution in [1.29, 1.82) is 0 Å². The predicted molar refractivity (Wildman–Crippen MR) is 64.7 cm³/mol. The molecule has 0 radical (unpaired) electrons. The third-order valence-electron chi connectivity index (χ3n) is 1.91. The number of nitrogens with one attached hydrogen (secondary N) is 1. The third kappa shape index (κ3) is 2.34. The molecule has 0 aliphatic heterocycles. The molecule has 0 atom stereocenters. The van der Waals surface area contributed by atoms with Gasteiger partial charge in [0.1, 0.15) is 11.6 Å². The maximum Gasteiger partial charge on any atom is 0.198 e. The lowest BCUT2D eigenvalue weighted by Crippen LogP contribution is -2.19. The second-order valence-electron chi connectivity index (χ2n) is 3.12. The summed E-state index contributed by atoms with van der Waals surface area (Å²) in [6, 6.07) is 7.52. The van der Waals surface area contributed by atoms with Gasteiger partial charge in [0.15, 0.2) is 5.11 Å². The van der Waals surface area contributed by atoms with E-state index >= 15 is 0 Å². The monoisotopic (exact) mass is 236 g/mol. The first-order valence-corrected chi connectivity index (χ1v) is 4.94. The minimum absolute atomic E-state index is 0.292. The van der Waals surface area contributed by atoms with Crippen LogP contribution in [0.25, 0.3) is 0 Å². The minimum Gasteiger partial charge on any atom is -0.382 e. The van der Waals surface area contributed by atoms with Crippen LogP contribution in [0.1, 0.15) is 0 Å². The molecule has 0 aliphatic rings. The van der Waals surface area contributed by atoms with E-state index in [1.54, 1.807) is 24.4 Å². The quantitative estimate of drug-likeness (QED) is 0.742. The Balaban J connectivity index is 2.10. The van der Waals surface area contributed by atoms with Crippen LogP contribution < -0.4 is 11.1 Å². The van der Waals surface area contributed by atoms with Gasteiger partial charge in [0.2, 0.25) is 0 Å². The van der Waals surface area contributed by atoms with Gasteiger partial charge in [-0.1, -0.05) is 0 Å². The van der Waals surface area contributed by atoms with Gasteiger partial charge in [-0.2, -0.15) is 0 Å². The number of nitrogens with zero attached hydrogens (tertiary/aromatic N) is 2. The van der Waals surface area contributed by atoms with E-state index in [4.69, 9.17) is 18.0 Å². The topological polar surface area (TPSA) is 55.9 Å². The van der Waals surface area contributed by atoms with Crippen LogP contribution in [0.15, 0.2) is 36.5 Å². The predicted octanol–water partition coefficient (Wildman–Crippen LogP) is 1.85. The number of halogens is 1. The van der Waals surface area contributed by atoms with Crippen LogP contribution in [-0.2, 0) is 0 Å². The molecule has 1 heterocycles. The third-order valence-corrected chi connectivity index (χ3v) is 2.20. The van der Waals surface area contributed by atoms with E-state index < -0.39 is 0 Å². The molecule has 0 amide bonds. The van der Waals surface area contributed by atoms with E-state index in [9.17, 15) is 4.39 Å². The van der Waals surface area contributed by atoms with Crippen molar-refractivity contribution in [3.05, 3.63) is 42.3 Å². The Morgan fingerprint density at radius 3 is 2.56 bits per heavy atom. The van der Waals surface area contributed by atoms with Gasteiger partial charge in [0.25, 0.3) is 0 Å². The molecular formula is C10H9FN4S. The molecule has 0 aliphatic carbocycles. The summed E-state index contributed by atoms with van der Waals surface area (Å²) in [6.45, 7) is 0. The largest absolute Gasteiger partial charge is 0.382 e. The van der Waals surface area contributed by atoms with E-state index in [-0.39, 0.29) is 5.82 Å². The first-order valence-electron chi connectivity index (χ1n) is 4.53. The van der Waals surface area contributed by atoms with E-state index in [0.717, 1.165) is 0 Å². The molecule has 0 spiro atoms. The molecule has 1 aromatic heterocycles. The van der Waals surface area contributed by atoms with Crippen LogP contribution in [0.4, 0.5) is 15.9 Å². The summed E-state index contributed by atoms with van der Waals surface area (Å²) < 4.78 is 14.1. The number of rotatable bonds is 1. The van der Waals surface area contributed by atoms with Gasteiger partial charge < -0.3 is 11.1 Å². The molecule has 16 heavy (non-hydrogen) atoms. The van der Waals surface area contributed by atoms with Crippen molar-refractivity contribution in [3.63, 3.8) is 0 Å². The van der Waals surface area contributed by atoms with Crippen LogP contribution in [0.5, 0.6) is 0 Å². The number of anilines is 2. The Labute approximate surface area is 96.9 Å². The summed E-state index contributed by atoms with van der Waals surface area (Å²) in [6.07, 6.45) is 1.65. The Morgan fingerprint density at radius 1 is 1.31 bits per heavy atom. The molecule has 82 valence electrons. The van der Waals surface area contributed by atoms with Crippen molar-refractivity contribution in [2.24, 2.45) is 0 Å². The number of hydrogen-bond acceptors (Lipinski definition) is 3. The van der Waals surface area contributed by atoms with Gasteiger partial charge in [-0.3, -0.25) is 0 Å². The van der Waals surface area contributed by atoms with Crippen molar-refractivity contribution >= 4 is 28.8 Å². The molecule has 0 fully saturated rings. The van der Waals surface area contributed by atoms with Gasteiger partial charge in [-0.15, -0.1) is 5.10 Å². The maximum atomic E-state index is 12.7. The molecule has 0 unspecified atom stereocenters. The molecule has 0 saturated carbocycles. The van der Waals surface area contributed by atoms with E-state index in [2.05, 4.69) is 10.4 Å². The van der Waals surface area contributed by atoms with E-state index in [0.29, 0.717) is 16.6 Å². The number of nitrogens with two attached hydrogens (primary N) is 1. The normalized spacial score (nSPS) is 10.1. The van der Waals surface area contributed by atoms with Crippen LogP contribution in [0, 0.1) is 5.82 Å². The van der Waals surface area contributed by atoms with Gasteiger partial charge >= 0.3 is 0 Å². The standard InChI is InChI=1S/C10H9FN4S/c11-7-1-3-8(4-2-7)13-10(16)15-6-5-9(12)14-15/h1-6H,(H2,12,14)(H,13,16). The number of aromatic nitrogens is 2. The van der Waals surface area contributed by atoms with Gasteiger partial charge in [0.05, 0.1) is 0 Å². The van der Waals surface area contributed by atoms with Gasteiger partial charge in [0, 0.05) is 18.0 Å². The Bertz CT molecular complexity index is 506. The molecule has 0 saturated heterocycles. The average molecular weight is 236 g/mol. The lowest BCUT2D eigenvalue weighted by Gasteiger charge is -2.07. The zero-order valence-corrected chi connectivity index (χ0v) is 9.04. The van der Waals surface area contributed by atoms with Crippen LogP contribution in [0.2, 0.25) is 0 Å². The highest BCUT2D eigenvalue weighted by Gasteiger charge is 2.02. The van der Waals surface area contributed by atoms with Crippen molar-refractivity contribution in [1.82, 2.24) is 9.78 Å². The minimum atomic E-state index is -0.292. The summed E-state index contributed by atoms with van der Waals surface area (Å²) in [5.41, 5.74) is 6.16. The first-order chi connectivity index (χ1) is 7.65.